The molecule has 0 radical (unpaired) electrons. The van der Waals surface area contributed by atoms with Crippen molar-refractivity contribution >= 4 is 23.3 Å². The van der Waals surface area contributed by atoms with E-state index in [1.165, 1.54) is 0 Å². The molecule has 0 unspecified atom stereocenters. The molecule has 2 aromatic rings. The van der Waals surface area contributed by atoms with Crippen LogP contribution >= 0.6 is 0 Å². The minimum atomic E-state index is -1.33. The summed E-state index contributed by atoms with van der Waals surface area (Å²) in [6.07, 6.45) is 0.806. The molecule has 0 aliphatic carbocycles. The number of hydrogen-bond acceptors (Lipinski definition) is 5. The van der Waals surface area contributed by atoms with Crippen LogP contribution in [0.2, 0.25) is 0 Å². The average molecular weight is 305 g/mol. The molecule has 0 atom stereocenters. The van der Waals surface area contributed by atoms with Crippen LogP contribution in [0, 0.1) is 0 Å². The van der Waals surface area contributed by atoms with Crippen molar-refractivity contribution < 1.29 is 24.5 Å². The Labute approximate surface area is 125 Å². The lowest BCUT2D eigenvalue weighted by molar-refractivity contribution is 0.0683. The summed E-state index contributed by atoms with van der Waals surface area (Å²) >= 11 is 0. The number of rotatable bonds is 7. The number of hydrogen-bond donors (Lipinski definition) is 4. The van der Waals surface area contributed by atoms with Crippen LogP contribution in [-0.4, -0.2) is 39.0 Å². The van der Waals surface area contributed by atoms with Gasteiger partial charge < -0.3 is 20.3 Å². The van der Waals surface area contributed by atoms with Gasteiger partial charge in [0.15, 0.2) is 11.4 Å². The highest BCUT2D eigenvalue weighted by Crippen LogP contribution is 2.30. The van der Waals surface area contributed by atoms with Gasteiger partial charge in [-0.2, -0.15) is 5.10 Å². The maximum atomic E-state index is 11.2. The molecule has 1 aromatic heterocycles. The predicted molar refractivity (Wildman–Crippen MR) is 78.0 cm³/mol. The van der Waals surface area contributed by atoms with Gasteiger partial charge in [-0.1, -0.05) is 19.1 Å². The fourth-order valence-electron chi connectivity index (χ4n) is 1.82. The first-order chi connectivity index (χ1) is 10.5. The lowest BCUT2D eigenvalue weighted by Gasteiger charge is -2.12. The van der Waals surface area contributed by atoms with E-state index in [1.54, 1.807) is 24.3 Å². The summed E-state index contributed by atoms with van der Waals surface area (Å²) in [5, 5.41) is 26.7. The highest BCUT2D eigenvalue weighted by atomic mass is 16.5. The molecule has 0 fully saturated rings. The summed E-state index contributed by atoms with van der Waals surface area (Å²) in [5.41, 5.74) is -0.389. The van der Waals surface area contributed by atoms with E-state index < -0.39 is 17.6 Å². The van der Waals surface area contributed by atoms with E-state index in [9.17, 15) is 9.59 Å². The van der Waals surface area contributed by atoms with E-state index in [2.05, 4.69) is 15.5 Å². The van der Waals surface area contributed by atoms with Gasteiger partial charge in [-0.3, -0.25) is 5.10 Å². The molecular weight excluding hydrogens is 290 g/mol. The molecule has 0 bridgehead atoms. The molecule has 8 heteroatoms. The molecule has 0 aliphatic rings. The Morgan fingerprint density at radius 3 is 2.64 bits per heavy atom. The summed E-state index contributed by atoms with van der Waals surface area (Å²) in [6.45, 7) is 2.44. The Morgan fingerprint density at radius 2 is 2.00 bits per heavy atom. The molecule has 0 saturated carbocycles. The predicted octanol–water partition coefficient (Wildman–Crippen LogP) is 2.34. The monoisotopic (exact) mass is 305 g/mol. The number of carboxylic acid groups (broad SMARTS) is 2. The summed E-state index contributed by atoms with van der Waals surface area (Å²) < 4.78 is 5.55. The second-order valence-electron chi connectivity index (χ2n) is 4.40. The van der Waals surface area contributed by atoms with Gasteiger partial charge in [0.2, 0.25) is 0 Å². The van der Waals surface area contributed by atoms with Crippen molar-refractivity contribution in [2.24, 2.45) is 0 Å². The first-order valence-corrected chi connectivity index (χ1v) is 6.58. The van der Waals surface area contributed by atoms with Gasteiger partial charge in [-0.15, -0.1) is 0 Å². The van der Waals surface area contributed by atoms with Crippen LogP contribution < -0.4 is 10.1 Å². The standard InChI is InChI=1S/C14H15N3O5/c1-2-7-22-9-6-4-3-5-8(9)15-10-11(13(18)19)16-17-12(10)14(20)21/h3-6,15H,2,7H2,1H3,(H,16,17)(H,18,19)(H,20,21). The zero-order valence-electron chi connectivity index (χ0n) is 11.8. The summed E-state index contributed by atoms with van der Waals surface area (Å²) in [4.78, 5) is 22.3. The minimum Gasteiger partial charge on any atom is -0.491 e. The molecule has 1 aromatic carbocycles. The van der Waals surface area contributed by atoms with Crippen LogP contribution in [-0.2, 0) is 0 Å². The van der Waals surface area contributed by atoms with Crippen molar-refractivity contribution in [2.45, 2.75) is 13.3 Å². The number of nitrogens with one attached hydrogen (secondary N) is 2. The average Bonchev–Trinajstić information content (AvgIpc) is 2.90. The number of carbonyl (C=O) groups is 2. The molecular formula is C14H15N3O5. The number of H-pyrrole nitrogens is 1. The normalized spacial score (nSPS) is 10.2. The molecule has 22 heavy (non-hydrogen) atoms. The number of nitrogens with zero attached hydrogens (tertiary/aromatic N) is 1. The molecule has 1 heterocycles. The molecule has 2 rings (SSSR count). The van der Waals surface area contributed by atoms with Crippen molar-refractivity contribution in [3.8, 4) is 5.75 Å². The summed E-state index contributed by atoms with van der Waals surface area (Å²) in [6, 6.07) is 6.86. The first-order valence-electron chi connectivity index (χ1n) is 6.58. The third-order valence-corrected chi connectivity index (χ3v) is 2.79. The van der Waals surface area contributed by atoms with Crippen molar-refractivity contribution in [2.75, 3.05) is 11.9 Å². The molecule has 0 amide bonds. The van der Waals surface area contributed by atoms with Gasteiger partial charge in [-0.05, 0) is 18.6 Å². The number of aromatic nitrogens is 2. The topological polar surface area (TPSA) is 125 Å². The largest absolute Gasteiger partial charge is 0.491 e. The third kappa shape index (κ3) is 3.17. The van der Waals surface area contributed by atoms with Crippen molar-refractivity contribution in [1.29, 1.82) is 0 Å². The molecule has 0 spiro atoms. The van der Waals surface area contributed by atoms with E-state index in [-0.39, 0.29) is 11.4 Å². The number of benzene rings is 1. The zero-order chi connectivity index (χ0) is 16.1. The molecule has 0 aliphatic heterocycles. The molecule has 8 nitrogen and oxygen atoms in total. The maximum absolute atomic E-state index is 11.2. The Hall–Kier alpha value is -3.03. The fraction of sp³-hybridized carbons (Fsp3) is 0.214. The summed E-state index contributed by atoms with van der Waals surface area (Å²) in [7, 11) is 0. The van der Waals surface area contributed by atoms with Crippen molar-refractivity contribution in [1.82, 2.24) is 10.2 Å². The van der Waals surface area contributed by atoms with E-state index in [0.29, 0.717) is 18.0 Å². The number of aromatic carboxylic acids is 2. The van der Waals surface area contributed by atoms with Gasteiger partial charge >= 0.3 is 11.9 Å². The number of para-hydroxylation sites is 2. The van der Waals surface area contributed by atoms with Gasteiger partial charge in [0.25, 0.3) is 0 Å². The highest BCUT2D eigenvalue weighted by Gasteiger charge is 2.23. The highest BCUT2D eigenvalue weighted by molar-refractivity contribution is 6.02. The van der Waals surface area contributed by atoms with Crippen LogP contribution in [0.4, 0.5) is 11.4 Å². The van der Waals surface area contributed by atoms with Gasteiger partial charge in [-0.25, -0.2) is 9.59 Å². The van der Waals surface area contributed by atoms with E-state index in [1.807, 2.05) is 6.92 Å². The zero-order valence-corrected chi connectivity index (χ0v) is 11.8. The van der Waals surface area contributed by atoms with E-state index in [4.69, 9.17) is 14.9 Å². The lowest BCUT2D eigenvalue weighted by Crippen LogP contribution is -2.07. The van der Waals surface area contributed by atoms with Gasteiger partial charge in [0.05, 0.1) is 12.3 Å². The first kappa shape index (κ1) is 15.4. The minimum absolute atomic E-state index is 0.118. The van der Waals surface area contributed by atoms with Crippen LogP contribution in [0.3, 0.4) is 0 Å². The van der Waals surface area contributed by atoms with Crippen molar-refractivity contribution in [3.05, 3.63) is 35.7 Å². The number of aromatic amines is 1. The van der Waals surface area contributed by atoms with E-state index in [0.717, 1.165) is 6.42 Å². The molecule has 4 N–H and O–H groups in total. The third-order valence-electron chi connectivity index (χ3n) is 2.79. The Bertz CT molecular complexity index is 664. The Kier molecular flexibility index (Phi) is 4.62. The van der Waals surface area contributed by atoms with Crippen LogP contribution in [0.15, 0.2) is 24.3 Å². The fourth-order valence-corrected chi connectivity index (χ4v) is 1.82. The second kappa shape index (κ2) is 6.61. The number of ether oxygens (including phenoxy) is 1. The Balaban J connectivity index is 2.40. The molecule has 0 saturated heterocycles. The van der Waals surface area contributed by atoms with E-state index >= 15 is 0 Å². The summed E-state index contributed by atoms with van der Waals surface area (Å²) in [5.74, 6) is -2.15. The molecule has 116 valence electrons. The van der Waals surface area contributed by atoms with Gasteiger partial charge in [0.1, 0.15) is 11.4 Å². The van der Waals surface area contributed by atoms with Crippen molar-refractivity contribution in [3.63, 3.8) is 0 Å². The second-order valence-corrected chi connectivity index (χ2v) is 4.40. The lowest BCUT2D eigenvalue weighted by atomic mass is 10.2. The Morgan fingerprint density at radius 1 is 1.27 bits per heavy atom. The smallest absolute Gasteiger partial charge is 0.358 e. The number of anilines is 2. The number of carboxylic acids is 2. The quantitative estimate of drug-likeness (QED) is 0.618. The van der Waals surface area contributed by atoms with Gasteiger partial charge in [0, 0.05) is 0 Å². The SMILES string of the molecule is CCCOc1ccccc1Nc1c(C(=O)O)n[nH]c1C(=O)O. The maximum Gasteiger partial charge on any atom is 0.358 e. The van der Waals surface area contributed by atoms with Crippen LogP contribution in [0.5, 0.6) is 5.75 Å². The van der Waals surface area contributed by atoms with Crippen LogP contribution in [0.1, 0.15) is 34.3 Å². The van der Waals surface area contributed by atoms with Crippen LogP contribution in [0.25, 0.3) is 0 Å².